The summed E-state index contributed by atoms with van der Waals surface area (Å²) < 4.78 is 16.1. The molecule has 1 aliphatic heterocycles. The summed E-state index contributed by atoms with van der Waals surface area (Å²) in [6, 6.07) is 7.66. The number of carboxylic acid groups (broad SMARTS) is 1. The number of tetrazole rings is 1. The molecule has 0 saturated carbocycles. The molecule has 2 aromatic heterocycles. The van der Waals surface area contributed by atoms with Gasteiger partial charge in [0.2, 0.25) is 17.7 Å². The van der Waals surface area contributed by atoms with Crippen LogP contribution in [0.2, 0.25) is 5.02 Å². The molecule has 0 spiro atoms. The number of anilines is 1. The number of H-pyrrole nitrogens is 1. The molecule has 14 nitrogen and oxygen atoms in total. The average molecular weight is 624 g/mol. The van der Waals surface area contributed by atoms with E-state index < -0.39 is 29.6 Å². The maximum absolute atomic E-state index is 15.0. The van der Waals surface area contributed by atoms with Gasteiger partial charge in [0, 0.05) is 54.4 Å². The summed E-state index contributed by atoms with van der Waals surface area (Å²) in [4.78, 5) is 57.4. The van der Waals surface area contributed by atoms with Crippen molar-refractivity contribution >= 4 is 58.0 Å². The summed E-state index contributed by atoms with van der Waals surface area (Å²) in [5.41, 5.74) is 1.00. The Kier molecular flexibility index (Phi) is 8.96. The van der Waals surface area contributed by atoms with Crippen LogP contribution in [-0.2, 0) is 14.4 Å². The lowest BCUT2D eigenvalue weighted by atomic mass is 10.1. The minimum atomic E-state index is -1.29. The molecule has 0 bridgehead atoms. The molecule has 1 atom stereocenters. The number of piperazine rings is 1. The smallest absolute Gasteiger partial charge is 0.352 e. The molecule has 1 aliphatic rings. The van der Waals surface area contributed by atoms with Gasteiger partial charge in [0.05, 0.1) is 17.1 Å². The van der Waals surface area contributed by atoms with Crippen molar-refractivity contribution in [1.29, 1.82) is 0 Å². The Morgan fingerprint density at radius 3 is 2.61 bits per heavy atom. The highest BCUT2D eigenvalue weighted by molar-refractivity contribution is 6.31. The molecule has 0 aliphatic carbocycles. The summed E-state index contributed by atoms with van der Waals surface area (Å²) >= 11 is 5.96. The Bertz CT molecular complexity index is 1750. The van der Waals surface area contributed by atoms with Crippen molar-refractivity contribution in [2.24, 2.45) is 0 Å². The van der Waals surface area contributed by atoms with E-state index in [1.807, 2.05) is 7.05 Å². The van der Waals surface area contributed by atoms with E-state index in [0.29, 0.717) is 42.8 Å². The van der Waals surface area contributed by atoms with E-state index in [9.17, 15) is 28.7 Å². The molecule has 3 heterocycles. The van der Waals surface area contributed by atoms with Gasteiger partial charge < -0.3 is 30.5 Å². The van der Waals surface area contributed by atoms with E-state index in [1.165, 1.54) is 35.3 Å². The third kappa shape index (κ3) is 6.90. The number of benzene rings is 2. The molecule has 1 saturated heterocycles. The van der Waals surface area contributed by atoms with Gasteiger partial charge in [0.1, 0.15) is 18.1 Å². The predicted octanol–water partition coefficient (Wildman–Crippen LogP) is 1.94. The van der Waals surface area contributed by atoms with E-state index in [4.69, 9.17) is 11.6 Å². The van der Waals surface area contributed by atoms with Crippen LogP contribution in [-0.4, -0.2) is 103 Å². The zero-order valence-electron chi connectivity index (χ0n) is 23.3. The monoisotopic (exact) mass is 623 g/mol. The van der Waals surface area contributed by atoms with Crippen LogP contribution in [0.1, 0.15) is 22.5 Å². The van der Waals surface area contributed by atoms with Gasteiger partial charge in [-0.1, -0.05) is 11.6 Å². The van der Waals surface area contributed by atoms with Crippen molar-refractivity contribution in [2.75, 3.05) is 38.5 Å². The Hall–Kier alpha value is -5.15. The quantitative estimate of drug-likeness (QED) is 0.203. The fourth-order valence-electron chi connectivity index (χ4n) is 4.69. The van der Waals surface area contributed by atoms with Gasteiger partial charge in [-0.15, -0.1) is 5.10 Å². The van der Waals surface area contributed by atoms with E-state index in [-0.39, 0.29) is 34.3 Å². The van der Waals surface area contributed by atoms with Gasteiger partial charge in [-0.05, 0) is 59.9 Å². The molecule has 44 heavy (non-hydrogen) atoms. The van der Waals surface area contributed by atoms with Crippen molar-refractivity contribution in [3.8, 4) is 5.69 Å². The molecule has 0 radical (unpaired) electrons. The highest BCUT2D eigenvalue weighted by Gasteiger charge is 2.28. The van der Waals surface area contributed by atoms with Crippen LogP contribution in [0, 0.1) is 5.82 Å². The second-order valence-corrected chi connectivity index (χ2v) is 10.5. The number of aromatic carboxylic acids is 1. The second-order valence-electron chi connectivity index (χ2n) is 10.1. The summed E-state index contributed by atoms with van der Waals surface area (Å²) in [5, 5.41) is 25.7. The number of carbonyl (C=O) groups is 4. The lowest BCUT2D eigenvalue weighted by Crippen LogP contribution is -2.51. The lowest BCUT2D eigenvalue weighted by Gasteiger charge is -2.33. The van der Waals surface area contributed by atoms with Crippen LogP contribution in [0.5, 0.6) is 0 Å². The zero-order chi connectivity index (χ0) is 31.4. The van der Waals surface area contributed by atoms with Crippen molar-refractivity contribution in [3.63, 3.8) is 0 Å². The molecule has 5 rings (SSSR count). The number of aromatic nitrogens is 5. The van der Waals surface area contributed by atoms with Gasteiger partial charge in [0.25, 0.3) is 0 Å². The molecule has 3 amide bonds. The predicted molar refractivity (Wildman–Crippen MR) is 158 cm³/mol. The first-order chi connectivity index (χ1) is 21.1. The molecule has 16 heteroatoms. The number of fused-ring (bicyclic) bond motifs is 1. The number of nitrogens with one attached hydrogen (secondary N) is 3. The first kappa shape index (κ1) is 30.3. The Morgan fingerprint density at radius 2 is 1.91 bits per heavy atom. The van der Waals surface area contributed by atoms with Crippen LogP contribution in [0.15, 0.2) is 48.8 Å². The number of likely N-dealkylation sites (N-methyl/N-ethyl adjacent to an activating group) is 1. The molecule has 1 fully saturated rings. The number of carboxylic acids is 1. The first-order valence-electron chi connectivity index (χ1n) is 13.4. The molecular weight excluding hydrogens is 597 g/mol. The first-order valence-corrected chi connectivity index (χ1v) is 13.8. The zero-order valence-corrected chi connectivity index (χ0v) is 24.1. The largest absolute Gasteiger partial charge is 0.477 e. The van der Waals surface area contributed by atoms with E-state index in [0.717, 1.165) is 6.08 Å². The molecule has 2 aromatic carbocycles. The van der Waals surface area contributed by atoms with E-state index in [2.05, 4.69) is 36.0 Å². The van der Waals surface area contributed by atoms with Crippen LogP contribution in [0.25, 0.3) is 22.7 Å². The Morgan fingerprint density at radius 1 is 1.14 bits per heavy atom. The minimum absolute atomic E-state index is 0.0162. The third-order valence-electron chi connectivity index (χ3n) is 7.09. The maximum atomic E-state index is 15.0. The Labute approximate surface area is 254 Å². The van der Waals surface area contributed by atoms with E-state index in [1.54, 1.807) is 23.1 Å². The highest BCUT2D eigenvalue weighted by atomic mass is 35.5. The topological polar surface area (TPSA) is 178 Å². The number of rotatable bonds is 9. The van der Waals surface area contributed by atoms with Crippen molar-refractivity contribution < 1.29 is 28.7 Å². The van der Waals surface area contributed by atoms with Crippen molar-refractivity contribution in [2.45, 2.75) is 12.5 Å². The summed E-state index contributed by atoms with van der Waals surface area (Å²) in [6.45, 7) is 2.28. The van der Waals surface area contributed by atoms with E-state index >= 15 is 0 Å². The van der Waals surface area contributed by atoms with Crippen LogP contribution in [0.3, 0.4) is 0 Å². The highest BCUT2D eigenvalue weighted by Crippen LogP contribution is 2.25. The Balaban J connectivity index is 1.36. The maximum Gasteiger partial charge on any atom is 0.352 e. The van der Waals surface area contributed by atoms with Crippen molar-refractivity contribution in [1.82, 2.24) is 40.3 Å². The number of aromatic amines is 1. The number of hydrogen-bond donors (Lipinski definition) is 4. The summed E-state index contributed by atoms with van der Waals surface area (Å²) in [5.74, 6) is -3.71. The number of carbonyl (C=O) groups excluding carboxylic acids is 3. The molecule has 4 aromatic rings. The van der Waals surface area contributed by atoms with Crippen molar-refractivity contribution in [3.05, 3.63) is 70.9 Å². The lowest BCUT2D eigenvalue weighted by molar-refractivity contribution is -0.135. The summed E-state index contributed by atoms with van der Waals surface area (Å²) in [7, 11) is 1.94. The number of amides is 3. The fourth-order valence-corrected chi connectivity index (χ4v) is 4.85. The molecule has 0 unspecified atom stereocenters. The van der Waals surface area contributed by atoms with Crippen LogP contribution < -0.4 is 10.6 Å². The van der Waals surface area contributed by atoms with Crippen LogP contribution in [0.4, 0.5) is 10.1 Å². The summed E-state index contributed by atoms with van der Waals surface area (Å²) in [6.07, 6.45) is 3.11. The SMILES string of the molecule is CN1CCN(C(=O)C[C@H](NC(=O)/C=C/c2c(-n3cnnn3)ccc(Cl)c2F)C(=O)Nc2ccc3[nH]c(C(=O)O)cc3c2)CC1. The average Bonchev–Trinajstić information content (AvgIpc) is 3.68. The number of halogens is 2. The standard InChI is InChI=1S/C28H27ClFN9O5/c1-37-8-10-38(11-9-37)25(41)14-21(27(42)32-17-2-5-20-16(12-17)13-22(33-20)28(43)44)34-24(40)7-3-18-23(39-15-31-35-36-39)6-4-19(29)26(18)30/h2-7,12-13,15,21,33H,8-11,14H2,1H3,(H,32,42)(H,34,40)(H,43,44)/b7-3+/t21-/m0/s1. The minimum Gasteiger partial charge on any atom is -0.477 e. The normalized spacial score (nSPS) is 14.6. The van der Waals surface area contributed by atoms with Gasteiger partial charge in [-0.25, -0.2) is 9.18 Å². The molecular formula is C28H27ClFN9O5. The third-order valence-corrected chi connectivity index (χ3v) is 7.39. The number of nitrogens with zero attached hydrogens (tertiary/aromatic N) is 6. The molecule has 4 N–H and O–H groups in total. The van der Waals surface area contributed by atoms with Gasteiger partial charge in [-0.2, -0.15) is 4.68 Å². The van der Waals surface area contributed by atoms with Crippen LogP contribution >= 0.6 is 11.6 Å². The second kappa shape index (κ2) is 13.0. The van der Waals surface area contributed by atoms with Gasteiger partial charge in [-0.3, -0.25) is 14.4 Å². The fraction of sp³-hybridized carbons (Fsp3) is 0.250. The molecule has 228 valence electrons. The number of hydrogen-bond acceptors (Lipinski definition) is 8. The van der Waals surface area contributed by atoms with Gasteiger partial charge in [0.15, 0.2) is 5.82 Å². The van der Waals surface area contributed by atoms with Gasteiger partial charge >= 0.3 is 5.97 Å².